The van der Waals surface area contributed by atoms with Gasteiger partial charge in [0.25, 0.3) is 0 Å². The zero-order valence-corrected chi connectivity index (χ0v) is 9.31. The molecule has 0 saturated heterocycles. The van der Waals surface area contributed by atoms with Crippen LogP contribution in [0.5, 0.6) is 0 Å². The minimum absolute atomic E-state index is 0.171. The van der Waals surface area contributed by atoms with Gasteiger partial charge in [-0.2, -0.15) is 9.99 Å². The molecule has 1 heterocycles. The van der Waals surface area contributed by atoms with E-state index in [4.69, 9.17) is 10.7 Å². The van der Waals surface area contributed by atoms with Crippen molar-refractivity contribution in [3.8, 4) is 17.2 Å². The minimum Gasteiger partial charge on any atom is -0.427 e. The van der Waals surface area contributed by atoms with Crippen molar-refractivity contribution in [1.82, 2.24) is 4.73 Å². The maximum absolute atomic E-state index is 9.57. The summed E-state index contributed by atoms with van der Waals surface area (Å²) in [6, 6.07) is 13.0. The molecule has 0 bridgehead atoms. The molecule has 0 fully saturated rings. The van der Waals surface area contributed by atoms with Gasteiger partial charge in [0.1, 0.15) is 11.6 Å². The Morgan fingerprint density at radius 3 is 2.53 bits per heavy atom. The average Bonchev–Trinajstić information content (AvgIpc) is 2.36. The fraction of sp³-hybridized carbons (Fsp3) is 0.0769. The topological polar surface area (TPSA) is 72.8 Å². The van der Waals surface area contributed by atoms with Crippen molar-refractivity contribution in [2.24, 2.45) is 0 Å². The maximum atomic E-state index is 9.57. The lowest BCUT2D eigenvalue weighted by Gasteiger charge is -2.09. The van der Waals surface area contributed by atoms with Gasteiger partial charge in [-0.25, -0.2) is 0 Å². The van der Waals surface area contributed by atoms with Crippen molar-refractivity contribution in [3.63, 3.8) is 0 Å². The van der Waals surface area contributed by atoms with Gasteiger partial charge in [0.2, 0.25) is 0 Å². The van der Waals surface area contributed by atoms with E-state index in [-0.39, 0.29) is 11.1 Å². The largest absolute Gasteiger partial charge is 0.427 e. The number of nitriles is 1. The second kappa shape index (κ2) is 4.14. The lowest BCUT2D eigenvalue weighted by Crippen LogP contribution is -2.23. The summed E-state index contributed by atoms with van der Waals surface area (Å²) >= 11 is 0. The molecule has 0 saturated carbocycles. The summed E-state index contributed by atoms with van der Waals surface area (Å²) in [5.41, 5.74) is 2.03. The number of hydrogen-bond acceptors (Lipinski definition) is 3. The van der Waals surface area contributed by atoms with Crippen LogP contribution in [-0.4, -0.2) is 9.94 Å². The fourth-order valence-corrected chi connectivity index (χ4v) is 1.71. The molecule has 1 aromatic heterocycles. The first-order valence-corrected chi connectivity index (χ1v) is 5.11. The van der Waals surface area contributed by atoms with Crippen molar-refractivity contribution in [2.75, 3.05) is 0 Å². The average molecular weight is 225 g/mol. The third-order valence-electron chi connectivity index (χ3n) is 2.60. The van der Waals surface area contributed by atoms with Gasteiger partial charge >= 0.3 is 0 Å². The summed E-state index contributed by atoms with van der Waals surface area (Å²) in [6.07, 6.45) is 0. The lowest BCUT2D eigenvalue weighted by atomic mass is 10.0. The van der Waals surface area contributed by atoms with Crippen LogP contribution >= 0.6 is 0 Å². The second-order valence-electron chi connectivity index (χ2n) is 3.71. The van der Waals surface area contributed by atoms with E-state index in [0.717, 1.165) is 5.56 Å². The van der Waals surface area contributed by atoms with Gasteiger partial charge in [0, 0.05) is 5.56 Å². The Morgan fingerprint density at radius 2 is 1.94 bits per heavy atom. The molecule has 84 valence electrons. The van der Waals surface area contributed by atoms with Gasteiger partial charge in [-0.1, -0.05) is 30.3 Å². The molecule has 2 N–H and O–H groups in total. The highest BCUT2D eigenvalue weighted by Crippen LogP contribution is 2.21. The van der Waals surface area contributed by atoms with E-state index < -0.39 is 0 Å². The van der Waals surface area contributed by atoms with E-state index in [1.54, 1.807) is 13.0 Å². The van der Waals surface area contributed by atoms with E-state index in [2.05, 4.69) is 0 Å². The van der Waals surface area contributed by atoms with Gasteiger partial charge < -0.3 is 5.21 Å². The van der Waals surface area contributed by atoms with Crippen LogP contribution in [0.1, 0.15) is 11.3 Å². The summed E-state index contributed by atoms with van der Waals surface area (Å²) in [6.45, 7) is 1.69. The zero-order valence-electron chi connectivity index (χ0n) is 9.31. The first-order chi connectivity index (χ1) is 8.15. The number of aromatic nitrogens is 1. The minimum atomic E-state index is -0.189. The standard InChI is InChI=1S/C13H11N3O/c1-9-7-11(10-5-3-2-4-6-10)12(8-14)13(15)16(9)17/h2-7,15,17H,1H3. The third kappa shape index (κ3) is 1.79. The van der Waals surface area contributed by atoms with Crippen LogP contribution < -0.4 is 5.49 Å². The van der Waals surface area contributed by atoms with Gasteiger partial charge in [0.15, 0.2) is 5.49 Å². The lowest BCUT2D eigenvalue weighted by molar-refractivity contribution is 0.163. The number of rotatable bonds is 1. The summed E-state index contributed by atoms with van der Waals surface area (Å²) in [5, 5.41) is 26.4. The highest BCUT2D eigenvalue weighted by molar-refractivity contribution is 5.70. The highest BCUT2D eigenvalue weighted by atomic mass is 16.5. The number of benzene rings is 1. The molecule has 0 radical (unpaired) electrons. The highest BCUT2D eigenvalue weighted by Gasteiger charge is 2.10. The quantitative estimate of drug-likeness (QED) is 0.729. The zero-order chi connectivity index (χ0) is 12.4. The SMILES string of the molecule is Cc1cc(-c2ccccc2)c(C#N)c(=N)n1O. The van der Waals surface area contributed by atoms with Crippen molar-refractivity contribution in [3.05, 3.63) is 53.1 Å². The Labute approximate surface area is 98.5 Å². The molecule has 17 heavy (non-hydrogen) atoms. The van der Waals surface area contributed by atoms with E-state index >= 15 is 0 Å². The van der Waals surface area contributed by atoms with Gasteiger partial charge in [0.05, 0.1) is 5.69 Å². The molecule has 0 spiro atoms. The van der Waals surface area contributed by atoms with Crippen LogP contribution in [-0.2, 0) is 0 Å². The van der Waals surface area contributed by atoms with Crippen LogP contribution in [0.4, 0.5) is 0 Å². The van der Waals surface area contributed by atoms with E-state index in [9.17, 15) is 5.21 Å². The molecule has 0 aliphatic carbocycles. The van der Waals surface area contributed by atoms with Gasteiger partial charge in [-0.05, 0) is 18.6 Å². The van der Waals surface area contributed by atoms with Crippen molar-refractivity contribution < 1.29 is 5.21 Å². The first kappa shape index (κ1) is 11.0. The third-order valence-corrected chi connectivity index (χ3v) is 2.60. The Morgan fingerprint density at radius 1 is 1.29 bits per heavy atom. The maximum Gasteiger partial charge on any atom is 0.179 e. The summed E-state index contributed by atoms with van der Waals surface area (Å²) in [7, 11) is 0. The molecule has 0 aliphatic rings. The second-order valence-corrected chi connectivity index (χ2v) is 3.71. The molecular formula is C13H11N3O. The molecule has 1 aromatic carbocycles. The van der Waals surface area contributed by atoms with Crippen molar-refractivity contribution in [2.45, 2.75) is 6.92 Å². The molecular weight excluding hydrogens is 214 g/mol. The van der Waals surface area contributed by atoms with E-state index in [0.29, 0.717) is 16.0 Å². The Kier molecular flexibility index (Phi) is 2.67. The number of nitrogens with zero attached hydrogens (tertiary/aromatic N) is 2. The number of pyridine rings is 1. The number of aryl methyl sites for hydroxylation is 1. The molecule has 2 aromatic rings. The molecule has 2 rings (SSSR count). The van der Waals surface area contributed by atoms with Crippen LogP contribution in [0.2, 0.25) is 0 Å². The summed E-state index contributed by atoms with van der Waals surface area (Å²) in [5.74, 6) is 0. The van der Waals surface area contributed by atoms with E-state index in [1.807, 2.05) is 36.4 Å². The Balaban J connectivity index is 2.81. The predicted molar refractivity (Wildman–Crippen MR) is 62.4 cm³/mol. The van der Waals surface area contributed by atoms with Crippen LogP contribution in [0.3, 0.4) is 0 Å². The monoisotopic (exact) mass is 225 g/mol. The number of nitrogens with one attached hydrogen (secondary N) is 1. The van der Waals surface area contributed by atoms with Crippen LogP contribution in [0.25, 0.3) is 11.1 Å². The molecule has 0 atom stereocenters. The van der Waals surface area contributed by atoms with Crippen molar-refractivity contribution in [1.29, 1.82) is 10.7 Å². The smallest absolute Gasteiger partial charge is 0.179 e. The van der Waals surface area contributed by atoms with Gasteiger partial charge in [-0.3, -0.25) is 5.41 Å². The van der Waals surface area contributed by atoms with E-state index in [1.165, 1.54) is 0 Å². The first-order valence-electron chi connectivity index (χ1n) is 5.11. The summed E-state index contributed by atoms with van der Waals surface area (Å²) in [4.78, 5) is 0. The fourth-order valence-electron chi connectivity index (χ4n) is 1.71. The Hall–Kier alpha value is -2.54. The number of hydrogen-bond donors (Lipinski definition) is 2. The Bertz CT molecular complexity index is 651. The molecule has 4 heteroatoms. The van der Waals surface area contributed by atoms with Gasteiger partial charge in [-0.15, -0.1) is 0 Å². The van der Waals surface area contributed by atoms with Crippen LogP contribution in [0, 0.1) is 23.7 Å². The molecule has 0 amide bonds. The molecule has 4 nitrogen and oxygen atoms in total. The molecule has 0 unspecified atom stereocenters. The van der Waals surface area contributed by atoms with Crippen LogP contribution in [0.15, 0.2) is 36.4 Å². The predicted octanol–water partition coefficient (Wildman–Crippen LogP) is 2.05. The molecule has 0 aliphatic heterocycles. The normalized spacial score (nSPS) is 9.88. The summed E-state index contributed by atoms with van der Waals surface area (Å²) < 4.78 is 0.713. The van der Waals surface area contributed by atoms with Crippen molar-refractivity contribution >= 4 is 0 Å².